The smallest absolute Gasteiger partial charge is 0.263 e. The number of hydrogen-bond acceptors (Lipinski definition) is 7. The highest BCUT2D eigenvalue weighted by molar-refractivity contribution is 7.19. The predicted octanol–water partition coefficient (Wildman–Crippen LogP) is 4.15. The highest BCUT2D eigenvalue weighted by Crippen LogP contribution is 2.35. The standard InChI is InChI=1S/C21H19N3O4S2/c1-12-4-7-17(30-12)14-10-29-20-19(14)21(26)24(11-22-20)9-18(25)23-15-6-5-13(27-2)8-16(15)28-3/h4-8,10-11H,9H2,1-3H3,(H,23,25). The Morgan fingerprint density at radius 1 is 1.20 bits per heavy atom. The summed E-state index contributed by atoms with van der Waals surface area (Å²) in [6.07, 6.45) is 1.41. The summed E-state index contributed by atoms with van der Waals surface area (Å²) in [5.74, 6) is 0.729. The van der Waals surface area contributed by atoms with Gasteiger partial charge in [-0.3, -0.25) is 14.2 Å². The molecule has 30 heavy (non-hydrogen) atoms. The fourth-order valence-electron chi connectivity index (χ4n) is 3.09. The number of hydrogen-bond donors (Lipinski definition) is 1. The number of aromatic nitrogens is 2. The van der Waals surface area contributed by atoms with Gasteiger partial charge in [-0.25, -0.2) is 4.98 Å². The second-order valence-corrected chi connectivity index (χ2v) is 8.68. The van der Waals surface area contributed by atoms with Crippen molar-refractivity contribution in [3.63, 3.8) is 0 Å². The summed E-state index contributed by atoms with van der Waals surface area (Å²) in [7, 11) is 3.07. The average molecular weight is 442 g/mol. The van der Waals surface area contributed by atoms with Crippen LogP contribution >= 0.6 is 22.7 Å². The second kappa shape index (κ2) is 8.29. The third-order valence-electron chi connectivity index (χ3n) is 4.56. The van der Waals surface area contributed by atoms with Crippen molar-refractivity contribution >= 4 is 44.5 Å². The number of amides is 1. The third-order valence-corrected chi connectivity index (χ3v) is 6.48. The molecule has 1 N–H and O–H groups in total. The van der Waals surface area contributed by atoms with Crippen LogP contribution < -0.4 is 20.3 Å². The first-order valence-corrected chi connectivity index (χ1v) is 10.7. The Hall–Kier alpha value is -3.17. The Balaban J connectivity index is 1.62. The van der Waals surface area contributed by atoms with Crippen LogP contribution in [0.3, 0.4) is 0 Å². The van der Waals surface area contributed by atoms with E-state index in [4.69, 9.17) is 9.47 Å². The van der Waals surface area contributed by atoms with Gasteiger partial charge < -0.3 is 14.8 Å². The molecule has 0 atom stereocenters. The first kappa shape index (κ1) is 20.1. The Morgan fingerprint density at radius 3 is 2.73 bits per heavy atom. The minimum atomic E-state index is -0.356. The molecule has 0 saturated carbocycles. The van der Waals surface area contributed by atoms with Crippen LogP contribution in [0.25, 0.3) is 20.7 Å². The third kappa shape index (κ3) is 3.81. The van der Waals surface area contributed by atoms with Crippen LogP contribution in [0, 0.1) is 6.92 Å². The molecule has 0 saturated heterocycles. The van der Waals surface area contributed by atoms with Crippen molar-refractivity contribution in [3.8, 4) is 21.9 Å². The number of nitrogens with zero attached hydrogens (tertiary/aromatic N) is 2. The van der Waals surface area contributed by atoms with Gasteiger partial charge in [-0.2, -0.15) is 0 Å². The largest absolute Gasteiger partial charge is 0.497 e. The Morgan fingerprint density at radius 2 is 2.03 bits per heavy atom. The van der Waals surface area contributed by atoms with Crippen molar-refractivity contribution in [2.75, 3.05) is 19.5 Å². The summed E-state index contributed by atoms with van der Waals surface area (Å²) >= 11 is 3.05. The van der Waals surface area contributed by atoms with Crippen LogP contribution in [-0.4, -0.2) is 29.7 Å². The van der Waals surface area contributed by atoms with Crippen molar-refractivity contribution in [2.45, 2.75) is 13.5 Å². The number of aryl methyl sites for hydroxylation is 1. The fraction of sp³-hybridized carbons (Fsp3) is 0.190. The molecule has 0 spiro atoms. The van der Waals surface area contributed by atoms with Gasteiger partial charge >= 0.3 is 0 Å². The topological polar surface area (TPSA) is 82.5 Å². The molecule has 0 fully saturated rings. The van der Waals surface area contributed by atoms with Gasteiger partial charge in [0.1, 0.15) is 22.9 Å². The lowest BCUT2D eigenvalue weighted by Gasteiger charge is -2.12. The van der Waals surface area contributed by atoms with E-state index in [9.17, 15) is 9.59 Å². The monoisotopic (exact) mass is 441 g/mol. The van der Waals surface area contributed by atoms with Crippen LogP contribution in [-0.2, 0) is 11.3 Å². The maximum atomic E-state index is 13.1. The van der Waals surface area contributed by atoms with Gasteiger partial charge in [-0.1, -0.05) is 0 Å². The number of carbonyl (C=O) groups excluding carboxylic acids is 1. The number of carbonyl (C=O) groups is 1. The molecule has 0 unspecified atom stereocenters. The molecule has 1 amide bonds. The van der Waals surface area contributed by atoms with E-state index in [1.165, 1.54) is 34.2 Å². The van der Waals surface area contributed by atoms with Gasteiger partial charge in [-0.05, 0) is 31.2 Å². The molecule has 0 aliphatic carbocycles. The highest BCUT2D eigenvalue weighted by Gasteiger charge is 2.16. The average Bonchev–Trinajstić information content (AvgIpc) is 3.36. The molecule has 3 aromatic heterocycles. The van der Waals surface area contributed by atoms with Gasteiger partial charge in [0.15, 0.2) is 0 Å². The number of methoxy groups -OCH3 is 2. The van der Waals surface area contributed by atoms with E-state index in [-0.39, 0.29) is 18.0 Å². The van der Waals surface area contributed by atoms with E-state index >= 15 is 0 Å². The SMILES string of the molecule is COc1ccc(NC(=O)Cn2cnc3scc(-c4ccc(C)s4)c3c2=O)c(OC)c1. The first-order chi connectivity index (χ1) is 14.5. The molecular weight excluding hydrogens is 422 g/mol. The lowest BCUT2D eigenvalue weighted by Crippen LogP contribution is -2.27. The van der Waals surface area contributed by atoms with E-state index in [2.05, 4.69) is 10.3 Å². The van der Waals surface area contributed by atoms with Gasteiger partial charge in [0.25, 0.3) is 5.56 Å². The zero-order chi connectivity index (χ0) is 21.3. The Bertz CT molecular complexity index is 1290. The molecule has 9 heteroatoms. The molecule has 154 valence electrons. The van der Waals surface area contributed by atoms with Crippen LogP contribution in [0.1, 0.15) is 4.88 Å². The number of fused-ring (bicyclic) bond motifs is 1. The number of thiophene rings is 2. The molecule has 7 nitrogen and oxygen atoms in total. The van der Waals surface area contributed by atoms with E-state index in [0.717, 1.165) is 10.4 Å². The molecule has 0 bridgehead atoms. The molecule has 4 aromatic rings. The molecule has 0 aliphatic rings. The van der Waals surface area contributed by atoms with Crippen LogP contribution in [0.5, 0.6) is 11.5 Å². The summed E-state index contributed by atoms with van der Waals surface area (Å²) in [4.78, 5) is 32.9. The molecule has 4 rings (SSSR count). The minimum Gasteiger partial charge on any atom is -0.497 e. The summed E-state index contributed by atoms with van der Waals surface area (Å²) in [5, 5.41) is 5.26. The molecular formula is C21H19N3O4S2. The lowest BCUT2D eigenvalue weighted by molar-refractivity contribution is -0.116. The van der Waals surface area contributed by atoms with Crippen molar-refractivity contribution in [2.24, 2.45) is 0 Å². The second-order valence-electron chi connectivity index (χ2n) is 6.53. The first-order valence-electron chi connectivity index (χ1n) is 9.05. The molecule has 0 radical (unpaired) electrons. The maximum absolute atomic E-state index is 13.1. The van der Waals surface area contributed by atoms with Crippen LogP contribution in [0.2, 0.25) is 0 Å². The van der Waals surface area contributed by atoms with Crippen molar-refractivity contribution in [1.82, 2.24) is 9.55 Å². The number of rotatable bonds is 6. The van der Waals surface area contributed by atoms with E-state index in [1.807, 2.05) is 24.4 Å². The Labute approximate surface area is 180 Å². The van der Waals surface area contributed by atoms with Gasteiger partial charge in [0.2, 0.25) is 5.91 Å². The molecule has 0 aliphatic heterocycles. The van der Waals surface area contributed by atoms with Gasteiger partial charge in [-0.15, -0.1) is 22.7 Å². The number of ether oxygens (including phenoxy) is 2. The minimum absolute atomic E-state index is 0.157. The van der Waals surface area contributed by atoms with Crippen molar-refractivity contribution in [1.29, 1.82) is 0 Å². The van der Waals surface area contributed by atoms with Crippen LogP contribution in [0.15, 0.2) is 46.8 Å². The fourth-order valence-corrected chi connectivity index (χ4v) is 4.95. The Kier molecular flexibility index (Phi) is 5.56. The van der Waals surface area contributed by atoms with E-state index in [0.29, 0.717) is 27.4 Å². The number of benzene rings is 1. The number of anilines is 1. The zero-order valence-corrected chi connectivity index (χ0v) is 18.2. The summed E-state index contributed by atoms with van der Waals surface area (Å²) in [6.45, 7) is 1.87. The summed E-state index contributed by atoms with van der Waals surface area (Å²) in [5.41, 5.74) is 1.12. The lowest BCUT2D eigenvalue weighted by atomic mass is 10.2. The summed E-state index contributed by atoms with van der Waals surface area (Å²) < 4.78 is 11.8. The van der Waals surface area contributed by atoms with E-state index < -0.39 is 0 Å². The van der Waals surface area contributed by atoms with Crippen molar-refractivity contribution < 1.29 is 14.3 Å². The van der Waals surface area contributed by atoms with Crippen molar-refractivity contribution in [3.05, 3.63) is 57.3 Å². The predicted molar refractivity (Wildman–Crippen MR) is 120 cm³/mol. The van der Waals surface area contributed by atoms with E-state index in [1.54, 1.807) is 36.6 Å². The van der Waals surface area contributed by atoms with Crippen LogP contribution in [0.4, 0.5) is 5.69 Å². The molecule has 1 aromatic carbocycles. The number of nitrogens with one attached hydrogen (secondary N) is 1. The van der Waals surface area contributed by atoms with Gasteiger partial charge in [0, 0.05) is 26.8 Å². The normalized spacial score (nSPS) is 10.9. The maximum Gasteiger partial charge on any atom is 0.263 e. The zero-order valence-electron chi connectivity index (χ0n) is 16.6. The van der Waals surface area contributed by atoms with Gasteiger partial charge in [0.05, 0.1) is 31.6 Å². The summed E-state index contributed by atoms with van der Waals surface area (Å²) in [6, 6.07) is 9.11. The highest BCUT2D eigenvalue weighted by atomic mass is 32.1. The molecule has 3 heterocycles. The quantitative estimate of drug-likeness (QED) is 0.486.